The van der Waals surface area contributed by atoms with Crippen molar-refractivity contribution in [2.24, 2.45) is 5.10 Å². The number of hydrogen-bond acceptors (Lipinski definition) is 3. The van der Waals surface area contributed by atoms with Crippen LogP contribution in [0.3, 0.4) is 0 Å². The molecule has 1 aliphatic heterocycles. The first-order chi connectivity index (χ1) is 6.99. The Morgan fingerprint density at radius 1 is 1.60 bits per heavy atom. The van der Waals surface area contributed by atoms with Gasteiger partial charge in [0.05, 0.1) is 12.3 Å². The summed E-state index contributed by atoms with van der Waals surface area (Å²) in [6.07, 6.45) is 0. The van der Waals surface area contributed by atoms with Crippen LogP contribution < -0.4 is 16.2 Å². The van der Waals surface area contributed by atoms with E-state index in [4.69, 9.17) is 0 Å². The van der Waals surface area contributed by atoms with Gasteiger partial charge in [-0.25, -0.2) is 25.4 Å². The lowest BCUT2D eigenvalue weighted by Crippen LogP contribution is -2.57. The minimum atomic E-state index is -0.445. The normalized spacial score (nSPS) is 15.9. The van der Waals surface area contributed by atoms with Gasteiger partial charge in [0.2, 0.25) is 0 Å². The first-order valence-electron chi connectivity index (χ1n) is 4.67. The summed E-state index contributed by atoms with van der Waals surface area (Å²) < 4.78 is 0. The summed E-state index contributed by atoms with van der Waals surface area (Å²) in [5, 5.41) is 7.51. The SMILES string of the molecule is CC1=NNC(=O)N(NC(=O)NC(C)C)C1. The van der Waals surface area contributed by atoms with Crippen molar-refractivity contribution in [2.45, 2.75) is 26.8 Å². The third kappa shape index (κ3) is 3.45. The van der Waals surface area contributed by atoms with E-state index in [1.807, 2.05) is 13.8 Å². The highest BCUT2D eigenvalue weighted by Gasteiger charge is 2.20. The fourth-order valence-corrected chi connectivity index (χ4v) is 1.05. The Labute approximate surface area is 87.9 Å². The van der Waals surface area contributed by atoms with Crippen molar-refractivity contribution in [3.05, 3.63) is 0 Å². The maximum atomic E-state index is 11.3. The Bertz CT molecular complexity index is 299. The zero-order valence-corrected chi connectivity index (χ0v) is 9.00. The molecular weight excluding hydrogens is 198 g/mol. The molecule has 84 valence electrons. The van der Waals surface area contributed by atoms with Crippen LogP contribution in [0, 0.1) is 0 Å². The first kappa shape index (κ1) is 11.3. The zero-order valence-electron chi connectivity index (χ0n) is 9.00. The van der Waals surface area contributed by atoms with Crippen LogP contribution in [0.25, 0.3) is 0 Å². The van der Waals surface area contributed by atoms with E-state index in [0.29, 0.717) is 0 Å². The van der Waals surface area contributed by atoms with Gasteiger partial charge in [-0.2, -0.15) is 5.10 Å². The average molecular weight is 213 g/mol. The van der Waals surface area contributed by atoms with Gasteiger partial charge in [0.1, 0.15) is 0 Å². The van der Waals surface area contributed by atoms with E-state index in [9.17, 15) is 9.59 Å². The Kier molecular flexibility index (Phi) is 3.48. The molecule has 7 heteroatoms. The molecule has 15 heavy (non-hydrogen) atoms. The summed E-state index contributed by atoms with van der Waals surface area (Å²) in [6.45, 7) is 5.72. The van der Waals surface area contributed by atoms with E-state index in [0.717, 1.165) is 5.71 Å². The third-order valence-electron chi connectivity index (χ3n) is 1.63. The molecule has 0 saturated carbocycles. The van der Waals surface area contributed by atoms with Gasteiger partial charge in [-0.3, -0.25) is 0 Å². The van der Waals surface area contributed by atoms with E-state index in [1.54, 1.807) is 6.92 Å². The standard InChI is InChI=1S/C8H15N5O2/c1-5(2)9-7(14)12-13-4-6(3)10-11-8(13)15/h5H,4H2,1-3H3,(H,11,15)(H2,9,12,14). The fraction of sp³-hybridized carbons (Fsp3) is 0.625. The van der Waals surface area contributed by atoms with Gasteiger partial charge < -0.3 is 5.32 Å². The summed E-state index contributed by atoms with van der Waals surface area (Å²) in [7, 11) is 0. The van der Waals surface area contributed by atoms with E-state index in [1.165, 1.54) is 5.01 Å². The van der Waals surface area contributed by atoms with Crippen LogP contribution in [-0.4, -0.2) is 35.4 Å². The minimum Gasteiger partial charge on any atom is -0.335 e. The van der Waals surface area contributed by atoms with Gasteiger partial charge in [-0.05, 0) is 20.8 Å². The van der Waals surface area contributed by atoms with Crippen molar-refractivity contribution in [1.29, 1.82) is 0 Å². The van der Waals surface area contributed by atoms with Crippen LogP contribution in [0.4, 0.5) is 9.59 Å². The number of nitrogens with one attached hydrogen (secondary N) is 3. The highest BCUT2D eigenvalue weighted by molar-refractivity contribution is 5.92. The molecule has 0 saturated heterocycles. The highest BCUT2D eigenvalue weighted by atomic mass is 16.2. The van der Waals surface area contributed by atoms with Gasteiger partial charge in [0.15, 0.2) is 0 Å². The second-order valence-electron chi connectivity index (χ2n) is 3.59. The number of rotatable bonds is 2. The van der Waals surface area contributed by atoms with Crippen LogP contribution in [0.1, 0.15) is 20.8 Å². The summed E-state index contributed by atoms with van der Waals surface area (Å²) >= 11 is 0. The summed E-state index contributed by atoms with van der Waals surface area (Å²) in [5.74, 6) is 0. The molecular formula is C8H15N5O2. The van der Waals surface area contributed by atoms with Gasteiger partial charge in [0, 0.05) is 6.04 Å². The van der Waals surface area contributed by atoms with Crippen molar-refractivity contribution < 1.29 is 9.59 Å². The van der Waals surface area contributed by atoms with Gasteiger partial charge in [-0.1, -0.05) is 0 Å². The minimum absolute atomic E-state index is 0.0209. The Morgan fingerprint density at radius 2 is 2.27 bits per heavy atom. The molecule has 1 aliphatic rings. The predicted octanol–water partition coefficient (Wildman–Crippen LogP) is 0.0101. The Hall–Kier alpha value is -1.79. The largest absolute Gasteiger partial charge is 0.356 e. The van der Waals surface area contributed by atoms with Crippen LogP contribution in [-0.2, 0) is 0 Å². The molecule has 0 atom stereocenters. The molecule has 0 radical (unpaired) electrons. The number of nitrogens with zero attached hydrogens (tertiary/aromatic N) is 2. The second kappa shape index (κ2) is 4.63. The molecule has 0 aromatic rings. The van der Waals surface area contributed by atoms with Crippen molar-refractivity contribution in [3.8, 4) is 0 Å². The lowest BCUT2D eigenvalue weighted by molar-refractivity contribution is 0.172. The van der Waals surface area contributed by atoms with Gasteiger partial charge in [-0.15, -0.1) is 0 Å². The Balaban J connectivity index is 2.48. The maximum Gasteiger partial charge on any atom is 0.356 e. The van der Waals surface area contributed by atoms with Crippen LogP contribution in [0.2, 0.25) is 0 Å². The molecule has 4 amide bonds. The van der Waals surface area contributed by atoms with Gasteiger partial charge in [0.25, 0.3) is 0 Å². The first-order valence-corrected chi connectivity index (χ1v) is 4.67. The molecule has 1 rings (SSSR count). The molecule has 0 fully saturated rings. The lowest BCUT2D eigenvalue weighted by Gasteiger charge is -2.26. The molecule has 0 bridgehead atoms. The third-order valence-corrected chi connectivity index (χ3v) is 1.63. The van der Waals surface area contributed by atoms with Crippen molar-refractivity contribution in [1.82, 2.24) is 21.2 Å². The lowest BCUT2D eigenvalue weighted by atomic mass is 10.4. The van der Waals surface area contributed by atoms with Crippen LogP contribution >= 0.6 is 0 Å². The quantitative estimate of drug-likeness (QED) is 0.603. The molecule has 3 N–H and O–H groups in total. The number of hydrogen-bond donors (Lipinski definition) is 3. The van der Waals surface area contributed by atoms with Crippen molar-refractivity contribution in [3.63, 3.8) is 0 Å². The van der Waals surface area contributed by atoms with Crippen LogP contribution in [0.15, 0.2) is 5.10 Å². The summed E-state index contributed by atoms with van der Waals surface area (Å²) in [5.41, 5.74) is 5.42. The highest BCUT2D eigenvalue weighted by Crippen LogP contribution is 1.93. The van der Waals surface area contributed by atoms with Crippen molar-refractivity contribution in [2.75, 3.05) is 6.54 Å². The van der Waals surface area contributed by atoms with E-state index in [-0.39, 0.29) is 12.6 Å². The fourth-order valence-electron chi connectivity index (χ4n) is 1.05. The second-order valence-corrected chi connectivity index (χ2v) is 3.59. The Morgan fingerprint density at radius 3 is 2.87 bits per heavy atom. The smallest absolute Gasteiger partial charge is 0.335 e. The maximum absolute atomic E-state index is 11.3. The molecule has 7 nitrogen and oxygen atoms in total. The zero-order chi connectivity index (χ0) is 11.4. The number of carbonyl (C=O) groups is 2. The van der Waals surface area contributed by atoms with E-state index in [2.05, 4.69) is 21.3 Å². The average Bonchev–Trinajstić information content (AvgIpc) is 2.10. The monoisotopic (exact) mass is 213 g/mol. The van der Waals surface area contributed by atoms with Crippen molar-refractivity contribution >= 4 is 17.8 Å². The number of hydrazone groups is 1. The number of carbonyl (C=O) groups excluding carboxylic acids is 2. The van der Waals surface area contributed by atoms with E-state index < -0.39 is 12.1 Å². The summed E-state index contributed by atoms with van der Waals surface area (Å²) in [4.78, 5) is 22.5. The number of urea groups is 2. The number of amides is 4. The van der Waals surface area contributed by atoms with Crippen LogP contribution in [0.5, 0.6) is 0 Å². The number of hydrazine groups is 1. The molecule has 0 aromatic heterocycles. The molecule has 0 spiro atoms. The predicted molar refractivity (Wildman–Crippen MR) is 55.2 cm³/mol. The molecule has 0 unspecified atom stereocenters. The van der Waals surface area contributed by atoms with E-state index >= 15 is 0 Å². The topological polar surface area (TPSA) is 85.8 Å². The molecule has 1 heterocycles. The molecule has 0 aromatic carbocycles. The molecule has 0 aliphatic carbocycles. The van der Waals surface area contributed by atoms with Gasteiger partial charge >= 0.3 is 12.1 Å². The summed E-state index contributed by atoms with van der Waals surface area (Å²) in [6, 6.07) is -0.832.